The molecular formula is C25H29N5O3. The van der Waals surface area contributed by atoms with Crippen molar-refractivity contribution in [2.45, 2.75) is 13.8 Å². The van der Waals surface area contributed by atoms with Gasteiger partial charge in [0.05, 0.1) is 7.11 Å². The minimum Gasteiger partial charge on any atom is -0.497 e. The molecule has 1 amide bonds. The summed E-state index contributed by atoms with van der Waals surface area (Å²) in [7, 11) is 1.65. The number of aromatic nitrogens is 2. The SMILES string of the molecule is COc1ccc(Nc2cc(C)nc(N3CCN(C(=O)COc4ccccc4C)CC3)n2)cc1. The highest BCUT2D eigenvalue weighted by molar-refractivity contribution is 5.78. The van der Waals surface area contributed by atoms with Crippen molar-refractivity contribution in [1.29, 1.82) is 0 Å². The fourth-order valence-electron chi connectivity index (χ4n) is 3.69. The average molecular weight is 448 g/mol. The van der Waals surface area contributed by atoms with Crippen LogP contribution in [0.1, 0.15) is 11.3 Å². The van der Waals surface area contributed by atoms with Crippen LogP contribution in [0.4, 0.5) is 17.5 Å². The number of ether oxygens (including phenoxy) is 2. The summed E-state index contributed by atoms with van der Waals surface area (Å²) in [4.78, 5) is 25.9. The lowest BCUT2D eigenvalue weighted by Crippen LogP contribution is -2.50. The van der Waals surface area contributed by atoms with Gasteiger partial charge in [-0.05, 0) is 49.7 Å². The van der Waals surface area contributed by atoms with Crippen LogP contribution in [0, 0.1) is 13.8 Å². The van der Waals surface area contributed by atoms with E-state index in [4.69, 9.17) is 14.5 Å². The lowest BCUT2D eigenvalue weighted by atomic mass is 10.2. The number of anilines is 3. The molecule has 2 heterocycles. The normalized spacial score (nSPS) is 13.5. The molecule has 0 saturated carbocycles. The number of nitrogens with zero attached hydrogens (tertiary/aromatic N) is 4. The zero-order valence-corrected chi connectivity index (χ0v) is 19.2. The number of piperazine rings is 1. The molecule has 1 aromatic heterocycles. The number of methoxy groups -OCH3 is 1. The molecule has 4 rings (SSSR count). The van der Waals surface area contributed by atoms with E-state index in [1.54, 1.807) is 7.11 Å². The van der Waals surface area contributed by atoms with Crippen molar-refractivity contribution >= 4 is 23.4 Å². The average Bonchev–Trinajstić information content (AvgIpc) is 2.83. The van der Waals surface area contributed by atoms with Gasteiger partial charge in [0.25, 0.3) is 5.91 Å². The second kappa shape index (κ2) is 10.2. The van der Waals surface area contributed by atoms with Crippen molar-refractivity contribution < 1.29 is 14.3 Å². The smallest absolute Gasteiger partial charge is 0.260 e. The van der Waals surface area contributed by atoms with Crippen molar-refractivity contribution in [1.82, 2.24) is 14.9 Å². The predicted molar refractivity (Wildman–Crippen MR) is 129 cm³/mol. The molecule has 2 aromatic carbocycles. The number of para-hydroxylation sites is 1. The predicted octanol–water partition coefficient (Wildman–Crippen LogP) is 3.57. The number of amides is 1. The van der Waals surface area contributed by atoms with Gasteiger partial charge >= 0.3 is 0 Å². The van der Waals surface area contributed by atoms with Crippen molar-refractivity contribution in [3.05, 3.63) is 65.9 Å². The number of benzene rings is 2. The minimum atomic E-state index is -0.00933. The van der Waals surface area contributed by atoms with Crippen LogP contribution in [0.5, 0.6) is 11.5 Å². The highest BCUT2D eigenvalue weighted by Crippen LogP contribution is 2.22. The maximum atomic E-state index is 12.6. The molecule has 33 heavy (non-hydrogen) atoms. The number of hydrogen-bond acceptors (Lipinski definition) is 7. The van der Waals surface area contributed by atoms with E-state index >= 15 is 0 Å². The van der Waals surface area contributed by atoms with Crippen LogP contribution in [0.3, 0.4) is 0 Å². The maximum absolute atomic E-state index is 12.6. The van der Waals surface area contributed by atoms with Crippen molar-refractivity contribution in [3.8, 4) is 11.5 Å². The molecule has 1 N–H and O–H groups in total. The summed E-state index contributed by atoms with van der Waals surface area (Å²) in [5.74, 6) is 2.93. The van der Waals surface area contributed by atoms with Gasteiger partial charge in [0.1, 0.15) is 17.3 Å². The van der Waals surface area contributed by atoms with Gasteiger partial charge in [0.15, 0.2) is 6.61 Å². The molecule has 1 aliphatic rings. The molecule has 172 valence electrons. The third-order valence-electron chi connectivity index (χ3n) is 5.56. The van der Waals surface area contributed by atoms with Crippen LogP contribution in [-0.4, -0.2) is 60.7 Å². The van der Waals surface area contributed by atoms with Gasteiger partial charge in [0.2, 0.25) is 5.95 Å². The second-order valence-corrected chi connectivity index (χ2v) is 7.97. The Kier molecular flexibility index (Phi) is 6.92. The van der Waals surface area contributed by atoms with E-state index in [0.29, 0.717) is 32.1 Å². The van der Waals surface area contributed by atoms with Crippen LogP contribution in [-0.2, 0) is 4.79 Å². The van der Waals surface area contributed by atoms with E-state index in [2.05, 4.69) is 15.2 Å². The first-order valence-corrected chi connectivity index (χ1v) is 11.0. The van der Waals surface area contributed by atoms with Gasteiger partial charge in [-0.15, -0.1) is 0 Å². The Bertz CT molecular complexity index is 1100. The molecule has 0 atom stereocenters. The molecule has 0 unspecified atom stereocenters. The number of carbonyl (C=O) groups is 1. The number of rotatable bonds is 7. The quantitative estimate of drug-likeness (QED) is 0.593. The Morgan fingerprint density at radius 3 is 2.42 bits per heavy atom. The Morgan fingerprint density at radius 1 is 1.00 bits per heavy atom. The monoisotopic (exact) mass is 447 g/mol. The molecule has 1 saturated heterocycles. The number of carbonyl (C=O) groups excluding carboxylic acids is 1. The molecule has 0 spiro atoms. The van der Waals surface area contributed by atoms with Crippen LogP contribution < -0.4 is 19.7 Å². The Labute approximate surface area is 194 Å². The molecule has 0 aliphatic carbocycles. The molecule has 8 heteroatoms. The lowest BCUT2D eigenvalue weighted by molar-refractivity contribution is -0.133. The summed E-state index contributed by atoms with van der Waals surface area (Å²) in [5, 5.41) is 3.32. The zero-order chi connectivity index (χ0) is 23.2. The molecule has 1 aliphatic heterocycles. The van der Waals surface area contributed by atoms with E-state index in [1.807, 2.05) is 73.3 Å². The summed E-state index contributed by atoms with van der Waals surface area (Å²) >= 11 is 0. The summed E-state index contributed by atoms with van der Waals surface area (Å²) in [6.45, 7) is 6.51. The first-order valence-electron chi connectivity index (χ1n) is 11.0. The Balaban J connectivity index is 1.34. The van der Waals surface area contributed by atoms with E-state index < -0.39 is 0 Å². The summed E-state index contributed by atoms with van der Waals surface area (Å²) in [5.41, 5.74) is 2.82. The topological polar surface area (TPSA) is 79.8 Å². The second-order valence-electron chi connectivity index (χ2n) is 7.97. The number of nitrogens with one attached hydrogen (secondary N) is 1. The largest absolute Gasteiger partial charge is 0.497 e. The molecule has 3 aromatic rings. The maximum Gasteiger partial charge on any atom is 0.260 e. The highest BCUT2D eigenvalue weighted by Gasteiger charge is 2.23. The standard InChI is InChI=1S/C25H29N5O3/c1-18-6-4-5-7-22(18)33-17-24(31)29-12-14-30(15-13-29)25-26-19(2)16-23(28-25)27-20-8-10-21(32-3)11-9-20/h4-11,16H,12-15,17H2,1-3H3,(H,26,27,28). The molecule has 0 bridgehead atoms. The first-order chi connectivity index (χ1) is 16.0. The zero-order valence-electron chi connectivity index (χ0n) is 19.2. The number of aryl methyl sites for hydroxylation is 2. The van der Waals surface area contributed by atoms with E-state index in [1.165, 1.54) is 0 Å². The number of hydrogen-bond donors (Lipinski definition) is 1. The first kappa shape index (κ1) is 22.4. The van der Waals surface area contributed by atoms with Gasteiger partial charge in [-0.2, -0.15) is 4.98 Å². The Morgan fingerprint density at radius 2 is 1.73 bits per heavy atom. The Hall–Kier alpha value is -3.81. The lowest BCUT2D eigenvalue weighted by Gasteiger charge is -2.35. The van der Waals surface area contributed by atoms with Crippen LogP contribution in [0.2, 0.25) is 0 Å². The van der Waals surface area contributed by atoms with Crippen molar-refractivity contribution in [3.63, 3.8) is 0 Å². The van der Waals surface area contributed by atoms with Gasteiger partial charge in [-0.25, -0.2) is 4.98 Å². The van der Waals surface area contributed by atoms with E-state index in [-0.39, 0.29) is 12.5 Å². The molecule has 8 nitrogen and oxygen atoms in total. The third-order valence-corrected chi connectivity index (χ3v) is 5.56. The van der Waals surface area contributed by atoms with Crippen LogP contribution >= 0.6 is 0 Å². The fourth-order valence-corrected chi connectivity index (χ4v) is 3.69. The summed E-state index contributed by atoms with van der Waals surface area (Å²) in [6.07, 6.45) is 0. The molecule has 0 radical (unpaired) electrons. The molecular weight excluding hydrogens is 418 g/mol. The van der Waals surface area contributed by atoms with Gasteiger partial charge < -0.3 is 24.6 Å². The molecule has 1 fully saturated rings. The van der Waals surface area contributed by atoms with Crippen molar-refractivity contribution in [2.75, 3.05) is 50.1 Å². The van der Waals surface area contributed by atoms with Gasteiger partial charge in [-0.1, -0.05) is 18.2 Å². The van der Waals surface area contributed by atoms with Crippen LogP contribution in [0.15, 0.2) is 54.6 Å². The fraction of sp³-hybridized carbons (Fsp3) is 0.320. The minimum absolute atomic E-state index is 0.00933. The highest BCUT2D eigenvalue weighted by atomic mass is 16.5. The summed E-state index contributed by atoms with van der Waals surface area (Å²) < 4.78 is 10.9. The summed E-state index contributed by atoms with van der Waals surface area (Å²) in [6, 6.07) is 17.3. The van der Waals surface area contributed by atoms with E-state index in [0.717, 1.165) is 34.3 Å². The van der Waals surface area contributed by atoms with Crippen molar-refractivity contribution in [2.24, 2.45) is 0 Å². The van der Waals surface area contributed by atoms with Gasteiger partial charge in [0, 0.05) is 43.6 Å². The van der Waals surface area contributed by atoms with Gasteiger partial charge in [-0.3, -0.25) is 4.79 Å². The van der Waals surface area contributed by atoms with Crippen LogP contribution in [0.25, 0.3) is 0 Å². The third kappa shape index (κ3) is 5.71. The van der Waals surface area contributed by atoms with E-state index in [9.17, 15) is 4.79 Å².